The van der Waals surface area contributed by atoms with Gasteiger partial charge in [-0.1, -0.05) is 12.1 Å². The second kappa shape index (κ2) is 5.01. The molecule has 0 saturated heterocycles. The van der Waals surface area contributed by atoms with E-state index in [-0.39, 0.29) is 5.56 Å². The molecule has 0 aliphatic carbocycles. The number of carboxylic acids is 1. The topological polar surface area (TPSA) is 50.2 Å². The van der Waals surface area contributed by atoms with E-state index in [9.17, 15) is 4.79 Å². The maximum absolute atomic E-state index is 11.1. The molecule has 1 N–H and O–H groups in total. The van der Waals surface area contributed by atoms with E-state index in [0.717, 1.165) is 10.5 Å². The van der Waals surface area contributed by atoms with Gasteiger partial charge in [-0.2, -0.15) is 0 Å². The highest BCUT2D eigenvalue weighted by molar-refractivity contribution is 7.98. The van der Waals surface area contributed by atoms with Gasteiger partial charge in [0.2, 0.25) is 0 Å². The maximum atomic E-state index is 11.1. The van der Waals surface area contributed by atoms with E-state index in [4.69, 9.17) is 5.11 Å². The van der Waals surface area contributed by atoms with Gasteiger partial charge in [-0.05, 0) is 35.6 Å². The molecule has 0 radical (unpaired) electrons. The molecule has 1 heterocycles. The van der Waals surface area contributed by atoms with E-state index in [1.807, 2.05) is 30.5 Å². The number of carbonyl (C=O) groups is 1. The van der Waals surface area contributed by atoms with E-state index in [1.165, 1.54) is 6.20 Å². The zero-order valence-electron chi connectivity index (χ0n) is 9.25. The first-order valence-corrected chi connectivity index (χ1v) is 6.26. The molecule has 0 fully saturated rings. The number of carboxylic acid groups (broad SMARTS) is 1. The standard InChI is InChI=1S/C13H11NO2S/c1-17-10-4-2-3-9(7-10)11-5-6-14-8-12(11)13(15)16/h2-8H,1H3,(H,15,16). The lowest BCUT2D eigenvalue weighted by Gasteiger charge is -2.06. The monoisotopic (exact) mass is 245 g/mol. The third-order valence-corrected chi connectivity index (χ3v) is 3.16. The average molecular weight is 245 g/mol. The van der Waals surface area contributed by atoms with Crippen LogP contribution in [-0.4, -0.2) is 22.3 Å². The fourth-order valence-electron chi connectivity index (χ4n) is 1.61. The number of aromatic nitrogens is 1. The number of benzene rings is 1. The molecule has 0 aliphatic rings. The second-order valence-corrected chi connectivity index (χ2v) is 4.34. The van der Waals surface area contributed by atoms with Gasteiger partial charge in [-0.3, -0.25) is 4.98 Å². The molecular weight excluding hydrogens is 234 g/mol. The molecule has 0 spiro atoms. The molecule has 0 saturated carbocycles. The van der Waals surface area contributed by atoms with E-state index in [0.29, 0.717) is 5.56 Å². The van der Waals surface area contributed by atoms with Crippen LogP contribution in [0.3, 0.4) is 0 Å². The predicted octanol–water partition coefficient (Wildman–Crippen LogP) is 3.17. The quantitative estimate of drug-likeness (QED) is 0.844. The lowest BCUT2D eigenvalue weighted by Crippen LogP contribution is -2.00. The Kier molecular flexibility index (Phi) is 3.44. The van der Waals surface area contributed by atoms with Crippen LogP contribution in [0.25, 0.3) is 11.1 Å². The van der Waals surface area contributed by atoms with Crippen LogP contribution in [0.5, 0.6) is 0 Å². The molecule has 0 unspecified atom stereocenters. The summed E-state index contributed by atoms with van der Waals surface area (Å²) >= 11 is 1.63. The van der Waals surface area contributed by atoms with Crippen molar-refractivity contribution in [3.05, 3.63) is 48.3 Å². The fraction of sp³-hybridized carbons (Fsp3) is 0.0769. The Balaban J connectivity index is 2.56. The third-order valence-electron chi connectivity index (χ3n) is 2.43. The van der Waals surface area contributed by atoms with Crippen LogP contribution in [0, 0.1) is 0 Å². The summed E-state index contributed by atoms with van der Waals surface area (Å²) in [5, 5.41) is 9.11. The minimum absolute atomic E-state index is 0.228. The highest BCUT2D eigenvalue weighted by Crippen LogP contribution is 2.26. The van der Waals surface area contributed by atoms with Crippen molar-refractivity contribution in [2.24, 2.45) is 0 Å². The van der Waals surface area contributed by atoms with Crippen LogP contribution in [0.2, 0.25) is 0 Å². The Bertz CT molecular complexity index is 555. The van der Waals surface area contributed by atoms with E-state index in [1.54, 1.807) is 24.0 Å². The van der Waals surface area contributed by atoms with Gasteiger partial charge in [0.15, 0.2) is 0 Å². The molecule has 0 aliphatic heterocycles. The first-order chi connectivity index (χ1) is 8.22. The predicted molar refractivity (Wildman–Crippen MR) is 68.4 cm³/mol. The van der Waals surface area contributed by atoms with Crippen LogP contribution >= 0.6 is 11.8 Å². The summed E-state index contributed by atoms with van der Waals surface area (Å²) in [6.45, 7) is 0. The SMILES string of the molecule is CSc1cccc(-c2ccncc2C(=O)O)c1. The summed E-state index contributed by atoms with van der Waals surface area (Å²) < 4.78 is 0. The molecule has 0 amide bonds. The number of pyridine rings is 1. The molecule has 0 bridgehead atoms. The Morgan fingerprint density at radius 2 is 2.18 bits per heavy atom. The largest absolute Gasteiger partial charge is 0.478 e. The van der Waals surface area contributed by atoms with Crippen LogP contribution in [0.4, 0.5) is 0 Å². The van der Waals surface area contributed by atoms with Gasteiger partial charge in [-0.25, -0.2) is 4.79 Å². The van der Waals surface area contributed by atoms with Crippen LogP contribution < -0.4 is 0 Å². The molecule has 2 aromatic rings. The van der Waals surface area contributed by atoms with Crippen molar-refractivity contribution in [2.45, 2.75) is 4.90 Å². The number of hydrogen-bond donors (Lipinski definition) is 1. The van der Waals surface area contributed by atoms with Gasteiger partial charge < -0.3 is 5.11 Å². The second-order valence-electron chi connectivity index (χ2n) is 3.46. The summed E-state index contributed by atoms with van der Waals surface area (Å²) in [7, 11) is 0. The van der Waals surface area contributed by atoms with Crippen molar-refractivity contribution < 1.29 is 9.90 Å². The Morgan fingerprint density at radius 3 is 2.88 bits per heavy atom. The van der Waals surface area contributed by atoms with Crippen LogP contribution in [0.15, 0.2) is 47.6 Å². The molecule has 86 valence electrons. The molecule has 0 atom stereocenters. The lowest BCUT2D eigenvalue weighted by atomic mass is 10.0. The van der Waals surface area contributed by atoms with Gasteiger partial charge in [0.25, 0.3) is 0 Å². The zero-order valence-corrected chi connectivity index (χ0v) is 10.1. The Morgan fingerprint density at radius 1 is 1.35 bits per heavy atom. The number of aromatic carboxylic acids is 1. The molecule has 17 heavy (non-hydrogen) atoms. The van der Waals surface area contributed by atoms with Crippen molar-refractivity contribution in [3.8, 4) is 11.1 Å². The highest BCUT2D eigenvalue weighted by atomic mass is 32.2. The number of thioether (sulfide) groups is 1. The average Bonchev–Trinajstić information content (AvgIpc) is 2.39. The van der Waals surface area contributed by atoms with E-state index < -0.39 is 5.97 Å². The summed E-state index contributed by atoms with van der Waals surface area (Å²) in [5.74, 6) is -0.956. The van der Waals surface area contributed by atoms with Crippen molar-refractivity contribution in [1.29, 1.82) is 0 Å². The number of rotatable bonds is 3. The Hall–Kier alpha value is -1.81. The van der Waals surface area contributed by atoms with Crippen LogP contribution in [0.1, 0.15) is 10.4 Å². The van der Waals surface area contributed by atoms with Gasteiger partial charge in [-0.15, -0.1) is 11.8 Å². The zero-order chi connectivity index (χ0) is 12.3. The summed E-state index contributed by atoms with van der Waals surface area (Å²) in [4.78, 5) is 16.1. The summed E-state index contributed by atoms with van der Waals surface area (Å²) in [6.07, 6.45) is 4.97. The normalized spacial score (nSPS) is 10.2. The summed E-state index contributed by atoms with van der Waals surface area (Å²) in [6, 6.07) is 9.53. The molecule has 1 aromatic carbocycles. The van der Waals surface area contributed by atoms with Crippen molar-refractivity contribution in [3.63, 3.8) is 0 Å². The van der Waals surface area contributed by atoms with Crippen molar-refractivity contribution in [1.82, 2.24) is 4.98 Å². The van der Waals surface area contributed by atoms with Gasteiger partial charge in [0.05, 0.1) is 5.56 Å². The Labute approximate surface area is 104 Å². The molecule has 3 nitrogen and oxygen atoms in total. The maximum Gasteiger partial charge on any atom is 0.337 e. The van der Waals surface area contributed by atoms with Crippen molar-refractivity contribution in [2.75, 3.05) is 6.26 Å². The minimum Gasteiger partial charge on any atom is -0.478 e. The minimum atomic E-state index is -0.956. The fourth-order valence-corrected chi connectivity index (χ4v) is 2.07. The number of nitrogens with zero attached hydrogens (tertiary/aromatic N) is 1. The van der Waals surface area contributed by atoms with E-state index >= 15 is 0 Å². The third kappa shape index (κ3) is 2.47. The van der Waals surface area contributed by atoms with Gasteiger partial charge in [0, 0.05) is 17.3 Å². The first-order valence-electron chi connectivity index (χ1n) is 5.04. The highest BCUT2D eigenvalue weighted by Gasteiger charge is 2.11. The van der Waals surface area contributed by atoms with E-state index in [2.05, 4.69) is 4.98 Å². The summed E-state index contributed by atoms with van der Waals surface area (Å²) in [5.41, 5.74) is 1.82. The van der Waals surface area contributed by atoms with Gasteiger partial charge >= 0.3 is 5.97 Å². The lowest BCUT2D eigenvalue weighted by molar-refractivity contribution is 0.0697. The van der Waals surface area contributed by atoms with Gasteiger partial charge in [0.1, 0.15) is 0 Å². The molecular formula is C13H11NO2S. The molecule has 1 aromatic heterocycles. The molecule has 2 rings (SSSR count). The smallest absolute Gasteiger partial charge is 0.337 e. The van der Waals surface area contributed by atoms with Crippen molar-refractivity contribution >= 4 is 17.7 Å². The van der Waals surface area contributed by atoms with Crippen LogP contribution in [-0.2, 0) is 0 Å². The first kappa shape index (κ1) is 11.7. The number of hydrogen-bond acceptors (Lipinski definition) is 3. The molecule has 4 heteroatoms.